The van der Waals surface area contributed by atoms with E-state index in [0.717, 1.165) is 0 Å². The van der Waals surface area contributed by atoms with Crippen LogP contribution in [0.15, 0.2) is 34.2 Å². The molecular formula is C9H6N2O3. The Kier molecular flexibility index (Phi) is 1.78. The predicted molar refractivity (Wildman–Crippen MR) is 51.7 cm³/mol. The summed E-state index contributed by atoms with van der Waals surface area (Å²) in [4.78, 5) is 23.8. The van der Waals surface area contributed by atoms with Gasteiger partial charge in [-0.1, -0.05) is 0 Å². The summed E-state index contributed by atoms with van der Waals surface area (Å²) >= 11 is 0. The van der Waals surface area contributed by atoms with Gasteiger partial charge in [-0.3, -0.25) is 4.79 Å². The highest BCUT2D eigenvalue weighted by atomic mass is 16.3. The van der Waals surface area contributed by atoms with Crippen molar-refractivity contribution in [3.63, 3.8) is 0 Å². The number of benzene rings is 1. The van der Waals surface area contributed by atoms with Crippen LogP contribution in [-0.4, -0.2) is 10.1 Å². The van der Waals surface area contributed by atoms with E-state index in [-0.39, 0.29) is 22.5 Å². The molecule has 0 saturated carbocycles. The van der Waals surface area contributed by atoms with Crippen LogP contribution in [0.25, 0.3) is 10.9 Å². The van der Waals surface area contributed by atoms with Crippen molar-refractivity contribution >= 4 is 16.6 Å². The number of nitroso groups, excluding NO2 is 1. The van der Waals surface area contributed by atoms with Crippen molar-refractivity contribution < 1.29 is 5.11 Å². The molecule has 5 nitrogen and oxygen atoms in total. The van der Waals surface area contributed by atoms with Crippen LogP contribution in [0.1, 0.15) is 0 Å². The minimum atomic E-state index is -0.337. The lowest BCUT2D eigenvalue weighted by molar-refractivity contribution is 0.480. The zero-order chi connectivity index (χ0) is 10.1. The van der Waals surface area contributed by atoms with Crippen molar-refractivity contribution in [1.29, 1.82) is 0 Å². The summed E-state index contributed by atoms with van der Waals surface area (Å²) in [5.74, 6) is -0.0786. The summed E-state index contributed by atoms with van der Waals surface area (Å²) in [6.45, 7) is 0. The summed E-state index contributed by atoms with van der Waals surface area (Å²) in [6.07, 6.45) is 0. The molecule has 1 aromatic carbocycles. The first-order chi connectivity index (χ1) is 6.72. The Hall–Kier alpha value is -2.17. The van der Waals surface area contributed by atoms with Crippen LogP contribution in [0.5, 0.6) is 5.75 Å². The number of nitrogens with zero attached hydrogens (tertiary/aromatic N) is 1. The maximum atomic E-state index is 11.0. The molecule has 1 heterocycles. The first-order valence-electron chi connectivity index (χ1n) is 3.91. The van der Waals surface area contributed by atoms with Gasteiger partial charge in [0.15, 0.2) is 0 Å². The maximum absolute atomic E-state index is 11.0. The number of phenolic OH excluding ortho intramolecular Hbond substituents is 1. The number of aromatic hydroxyl groups is 1. The molecule has 2 aromatic rings. The van der Waals surface area contributed by atoms with Gasteiger partial charge in [0.2, 0.25) is 5.56 Å². The number of hydrogen-bond acceptors (Lipinski definition) is 4. The van der Waals surface area contributed by atoms with Crippen molar-refractivity contribution in [1.82, 2.24) is 4.98 Å². The van der Waals surface area contributed by atoms with Crippen molar-refractivity contribution in [2.24, 2.45) is 5.18 Å². The molecule has 0 bridgehead atoms. The van der Waals surface area contributed by atoms with Gasteiger partial charge in [0.1, 0.15) is 11.4 Å². The molecule has 1 aromatic heterocycles. The summed E-state index contributed by atoms with van der Waals surface area (Å²) < 4.78 is 0. The molecule has 0 aliphatic heterocycles. The lowest BCUT2D eigenvalue weighted by Gasteiger charge is -2.00. The van der Waals surface area contributed by atoms with Crippen molar-refractivity contribution in [3.05, 3.63) is 39.5 Å². The smallest absolute Gasteiger partial charge is 0.248 e. The van der Waals surface area contributed by atoms with Crippen LogP contribution < -0.4 is 5.56 Å². The molecule has 0 saturated heterocycles. The first-order valence-corrected chi connectivity index (χ1v) is 3.91. The Morgan fingerprint density at radius 3 is 2.71 bits per heavy atom. The second-order valence-corrected chi connectivity index (χ2v) is 2.81. The number of H-pyrrole nitrogens is 1. The van der Waals surface area contributed by atoms with E-state index >= 15 is 0 Å². The molecule has 2 rings (SSSR count). The van der Waals surface area contributed by atoms with Gasteiger partial charge in [-0.25, -0.2) is 0 Å². The molecule has 14 heavy (non-hydrogen) atoms. The normalized spacial score (nSPS) is 10.3. The minimum absolute atomic E-state index is 0.0786. The van der Waals surface area contributed by atoms with E-state index in [1.165, 1.54) is 24.3 Å². The van der Waals surface area contributed by atoms with E-state index in [1.54, 1.807) is 0 Å². The Bertz CT molecular complexity index is 559. The van der Waals surface area contributed by atoms with E-state index < -0.39 is 0 Å². The Morgan fingerprint density at radius 2 is 2.00 bits per heavy atom. The number of nitrogens with one attached hydrogen (secondary N) is 1. The fourth-order valence-electron chi connectivity index (χ4n) is 1.30. The van der Waals surface area contributed by atoms with Gasteiger partial charge in [0, 0.05) is 11.5 Å². The summed E-state index contributed by atoms with van der Waals surface area (Å²) in [6, 6.07) is 5.43. The van der Waals surface area contributed by atoms with Gasteiger partial charge in [-0.2, -0.15) is 0 Å². The summed E-state index contributed by atoms with van der Waals surface area (Å²) in [7, 11) is 0. The molecule has 0 aliphatic rings. The zero-order valence-corrected chi connectivity index (χ0v) is 7.02. The largest absolute Gasteiger partial charge is 0.506 e. The molecular weight excluding hydrogens is 184 g/mol. The average molecular weight is 190 g/mol. The number of pyridine rings is 1. The van der Waals surface area contributed by atoms with E-state index in [2.05, 4.69) is 10.2 Å². The predicted octanol–water partition coefficient (Wildman–Crippen LogP) is 1.63. The SMILES string of the molecule is O=Nc1ccc(O)c2[nH]c(=O)ccc12. The third-order valence-corrected chi connectivity index (χ3v) is 1.95. The van der Waals surface area contributed by atoms with Crippen LogP contribution in [0.3, 0.4) is 0 Å². The number of hydrogen-bond donors (Lipinski definition) is 2. The van der Waals surface area contributed by atoms with Gasteiger partial charge in [-0.15, -0.1) is 4.91 Å². The molecule has 70 valence electrons. The lowest BCUT2D eigenvalue weighted by atomic mass is 10.2. The molecule has 0 aliphatic carbocycles. The highest BCUT2D eigenvalue weighted by Crippen LogP contribution is 2.29. The topological polar surface area (TPSA) is 82.5 Å². The van der Waals surface area contributed by atoms with Crippen LogP contribution in [0, 0.1) is 4.91 Å². The monoisotopic (exact) mass is 190 g/mol. The molecule has 5 heteroatoms. The fourth-order valence-corrected chi connectivity index (χ4v) is 1.30. The van der Waals surface area contributed by atoms with E-state index in [1.807, 2.05) is 0 Å². The number of phenols is 1. The van der Waals surface area contributed by atoms with Crippen LogP contribution >= 0.6 is 0 Å². The first kappa shape index (κ1) is 8.43. The molecule has 0 unspecified atom stereocenters. The zero-order valence-electron chi connectivity index (χ0n) is 7.02. The van der Waals surface area contributed by atoms with E-state index in [4.69, 9.17) is 0 Å². The summed E-state index contributed by atoms with van der Waals surface area (Å²) in [5, 5.41) is 12.6. The van der Waals surface area contributed by atoms with Crippen molar-refractivity contribution in [2.45, 2.75) is 0 Å². The molecule has 0 spiro atoms. The van der Waals surface area contributed by atoms with Gasteiger partial charge in [-0.05, 0) is 23.4 Å². The second kappa shape index (κ2) is 2.95. The number of rotatable bonds is 1. The molecule has 0 atom stereocenters. The summed E-state index contributed by atoms with van der Waals surface area (Å²) in [5.41, 5.74) is 0.0829. The number of fused-ring (bicyclic) bond motifs is 1. The maximum Gasteiger partial charge on any atom is 0.248 e. The quantitative estimate of drug-likeness (QED) is 0.670. The number of aromatic nitrogens is 1. The third kappa shape index (κ3) is 1.15. The molecule has 0 radical (unpaired) electrons. The standard InChI is InChI=1S/C9H6N2O3/c12-7-3-2-6(11-14)5-1-4-8(13)10-9(5)7/h1-4,12H,(H,10,13). The number of aromatic amines is 1. The minimum Gasteiger partial charge on any atom is -0.506 e. The Labute approximate surface area is 78.0 Å². The van der Waals surface area contributed by atoms with Gasteiger partial charge in [0.05, 0.1) is 5.52 Å². The average Bonchev–Trinajstić information content (AvgIpc) is 2.19. The Morgan fingerprint density at radius 1 is 1.21 bits per heavy atom. The van der Waals surface area contributed by atoms with E-state index in [9.17, 15) is 14.8 Å². The van der Waals surface area contributed by atoms with Gasteiger partial charge >= 0.3 is 0 Å². The van der Waals surface area contributed by atoms with Crippen LogP contribution in [-0.2, 0) is 0 Å². The highest BCUT2D eigenvalue weighted by molar-refractivity contribution is 5.93. The Balaban J connectivity index is 2.98. The van der Waals surface area contributed by atoms with Crippen molar-refractivity contribution in [3.8, 4) is 5.75 Å². The van der Waals surface area contributed by atoms with Crippen molar-refractivity contribution in [2.75, 3.05) is 0 Å². The second-order valence-electron chi connectivity index (χ2n) is 2.81. The van der Waals surface area contributed by atoms with Gasteiger partial charge in [0.25, 0.3) is 0 Å². The molecule has 0 fully saturated rings. The molecule has 0 amide bonds. The van der Waals surface area contributed by atoms with Crippen LogP contribution in [0.2, 0.25) is 0 Å². The molecule has 2 N–H and O–H groups in total. The fraction of sp³-hybridized carbons (Fsp3) is 0. The van der Waals surface area contributed by atoms with Crippen LogP contribution in [0.4, 0.5) is 5.69 Å². The van der Waals surface area contributed by atoms with E-state index in [0.29, 0.717) is 5.39 Å². The van der Waals surface area contributed by atoms with Gasteiger partial charge < -0.3 is 10.1 Å². The third-order valence-electron chi connectivity index (χ3n) is 1.95. The lowest BCUT2D eigenvalue weighted by Crippen LogP contribution is -2.02. The highest BCUT2D eigenvalue weighted by Gasteiger charge is 2.05.